The highest BCUT2D eigenvalue weighted by Crippen LogP contribution is 2.22. The first kappa shape index (κ1) is 10.4. The Hall–Kier alpha value is -0.120. The normalized spacial score (nSPS) is 41.8. The van der Waals surface area contributed by atoms with Crippen molar-refractivity contribution < 1.29 is 0 Å². The Morgan fingerprint density at radius 1 is 1.29 bits per heavy atom. The van der Waals surface area contributed by atoms with Gasteiger partial charge in [-0.1, -0.05) is 6.42 Å². The van der Waals surface area contributed by atoms with Crippen molar-refractivity contribution in [3.05, 3.63) is 0 Å². The molecule has 2 atom stereocenters. The number of hydrogen-bond donors (Lipinski definition) is 1. The summed E-state index contributed by atoms with van der Waals surface area (Å²) in [4.78, 5) is 5.00. The van der Waals surface area contributed by atoms with Crippen molar-refractivity contribution >= 4 is 0 Å². The van der Waals surface area contributed by atoms with Gasteiger partial charge in [0.2, 0.25) is 0 Å². The van der Waals surface area contributed by atoms with Gasteiger partial charge in [0.15, 0.2) is 0 Å². The average molecular weight is 197 g/mol. The zero-order valence-corrected chi connectivity index (χ0v) is 9.50. The largest absolute Gasteiger partial charge is 0.323 e. The first-order valence-electron chi connectivity index (χ1n) is 5.78. The Bertz CT molecular complexity index is 203. The zero-order chi connectivity index (χ0) is 10.2. The van der Waals surface area contributed by atoms with Gasteiger partial charge in [-0.25, -0.2) is 0 Å². The fourth-order valence-corrected chi connectivity index (χ4v) is 3.03. The SMILES string of the molecule is CN1CC2CCCCN2CC(C)(N)C1. The summed E-state index contributed by atoms with van der Waals surface area (Å²) >= 11 is 0. The fraction of sp³-hybridized carbons (Fsp3) is 1.00. The van der Waals surface area contributed by atoms with Crippen molar-refractivity contribution in [1.29, 1.82) is 0 Å². The monoisotopic (exact) mass is 197 g/mol. The lowest BCUT2D eigenvalue weighted by atomic mass is 9.99. The molecule has 3 nitrogen and oxygen atoms in total. The van der Waals surface area contributed by atoms with Crippen LogP contribution in [0.1, 0.15) is 26.2 Å². The Labute approximate surface area is 87.2 Å². The molecule has 2 heterocycles. The van der Waals surface area contributed by atoms with Crippen LogP contribution in [0.25, 0.3) is 0 Å². The van der Waals surface area contributed by atoms with Crippen LogP contribution in [0, 0.1) is 0 Å². The van der Waals surface area contributed by atoms with E-state index in [4.69, 9.17) is 5.73 Å². The molecule has 2 fully saturated rings. The van der Waals surface area contributed by atoms with E-state index in [1.54, 1.807) is 0 Å². The number of fused-ring (bicyclic) bond motifs is 1. The van der Waals surface area contributed by atoms with Gasteiger partial charge < -0.3 is 10.6 Å². The third-order valence-corrected chi connectivity index (χ3v) is 3.47. The molecule has 0 spiro atoms. The third-order valence-electron chi connectivity index (χ3n) is 3.47. The summed E-state index contributed by atoms with van der Waals surface area (Å²) in [5, 5.41) is 0. The van der Waals surface area contributed by atoms with Crippen LogP contribution in [0.2, 0.25) is 0 Å². The standard InChI is InChI=1S/C11H23N3/c1-11(12)8-13(2)7-10-5-3-4-6-14(10)9-11/h10H,3-9,12H2,1-2H3. The van der Waals surface area contributed by atoms with Crippen LogP contribution in [0.4, 0.5) is 0 Å². The average Bonchev–Trinajstić information content (AvgIpc) is 2.16. The first-order valence-corrected chi connectivity index (χ1v) is 5.78. The van der Waals surface area contributed by atoms with E-state index in [1.165, 1.54) is 32.4 Å². The van der Waals surface area contributed by atoms with Gasteiger partial charge in [0.05, 0.1) is 0 Å². The van der Waals surface area contributed by atoms with Gasteiger partial charge in [-0.2, -0.15) is 0 Å². The lowest BCUT2D eigenvalue weighted by molar-refractivity contribution is 0.134. The van der Waals surface area contributed by atoms with Crippen molar-refractivity contribution in [2.45, 2.75) is 37.8 Å². The van der Waals surface area contributed by atoms with Crippen molar-refractivity contribution in [2.75, 3.05) is 33.2 Å². The maximum absolute atomic E-state index is 6.29. The van der Waals surface area contributed by atoms with Crippen LogP contribution in [-0.4, -0.2) is 54.6 Å². The molecular formula is C11H23N3. The van der Waals surface area contributed by atoms with Crippen LogP contribution >= 0.6 is 0 Å². The van der Waals surface area contributed by atoms with E-state index >= 15 is 0 Å². The molecule has 2 saturated heterocycles. The zero-order valence-electron chi connectivity index (χ0n) is 9.50. The molecule has 2 aliphatic heterocycles. The quantitative estimate of drug-likeness (QED) is 0.614. The second kappa shape index (κ2) is 3.80. The van der Waals surface area contributed by atoms with Crippen LogP contribution in [0.3, 0.4) is 0 Å². The van der Waals surface area contributed by atoms with Crippen molar-refractivity contribution in [3.63, 3.8) is 0 Å². The Balaban J connectivity index is 2.08. The molecule has 0 aromatic heterocycles. The summed E-state index contributed by atoms with van der Waals surface area (Å²) in [5.41, 5.74) is 6.26. The predicted octanol–water partition coefficient (Wildman–Crippen LogP) is 0.504. The molecule has 0 amide bonds. The third kappa shape index (κ3) is 2.27. The number of piperidine rings is 1. The maximum atomic E-state index is 6.29. The molecule has 82 valence electrons. The Morgan fingerprint density at radius 3 is 2.86 bits per heavy atom. The molecule has 2 unspecified atom stereocenters. The van der Waals surface area contributed by atoms with Gasteiger partial charge in [0, 0.05) is 31.2 Å². The van der Waals surface area contributed by atoms with E-state index in [-0.39, 0.29) is 5.54 Å². The topological polar surface area (TPSA) is 32.5 Å². The van der Waals surface area contributed by atoms with E-state index in [0.29, 0.717) is 0 Å². The number of nitrogens with two attached hydrogens (primary N) is 1. The molecule has 0 aromatic rings. The summed E-state index contributed by atoms with van der Waals surface area (Å²) in [6.45, 7) is 6.74. The van der Waals surface area contributed by atoms with Crippen LogP contribution in [0.15, 0.2) is 0 Å². The molecule has 0 aliphatic carbocycles. The predicted molar refractivity (Wildman–Crippen MR) is 59.3 cm³/mol. The summed E-state index contributed by atoms with van der Waals surface area (Å²) in [7, 11) is 2.20. The molecule has 3 heteroatoms. The molecule has 2 aliphatic rings. The van der Waals surface area contributed by atoms with Crippen LogP contribution < -0.4 is 5.73 Å². The molecule has 2 rings (SSSR count). The van der Waals surface area contributed by atoms with Gasteiger partial charge >= 0.3 is 0 Å². The minimum absolute atomic E-state index is 0.0269. The highest BCUT2D eigenvalue weighted by Gasteiger charge is 2.34. The minimum atomic E-state index is -0.0269. The highest BCUT2D eigenvalue weighted by atomic mass is 15.3. The van der Waals surface area contributed by atoms with E-state index < -0.39 is 0 Å². The van der Waals surface area contributed by atoms with Gasteiger partial charge in [0.25, 0.3) is 0 Å². The molecule has 0 saturated carbocycles. The molecule has 14 heavy (non-hydrogen) atoms. The number of hydrogen-bond acceptors (Lipinski definition) is 3. The second-order valence-electron chi connectivity index (χ2n) is 5.47. The summed E-state index contributed by atoms with van der Waals surface area (Å²) < 4.78 is 0. The van der Waals surface area contributed by atoms with Crippen molar-refractivity contribution in [3.8, 4) is 0 Å². The van der Waals surface area contributed by atoms with Gasteiger partial charge in [-0.3, -0.25) is 4.90 Å². The maximum Gasteiger partial charge on any atom is 0.0383 e. The Morgan fingerprint density at radius 2 is 2.07 bits per heavy atom. The van der Waals surface area contributed by atoms with E-state index in [9.17, 15) is 0 Å². The van der Waals surface area contributed by atoms with Gasteiger partial charge in [0.1, 0.15) is 0 Å². The van der Waals surface area contributed by atoms with Gasteiger partial charge in [-0.05, 0) is 33.4 Å². The molecule has 2 N–H and O–H groups in total. The summed E-state index contributed by atoms with van der Waals surface area (Å²) in [6.07, 6.45) is 4.12. The molecule has 0 radical (unpaired) electrons. The lowest BCUT2D eigenvalue weighted by Crippen LogP contribution is -2.52. The van der Waals surface area contributed by atoms with Crippen molar-refractivity contribution in [1.82, 2.24) is 9.80 Å². The molecular weight excluding hydrogens is 174 g/mol. The Kier molecular flexibility index (Phi) is 2.82. The van der Waals surface area contributed by atoms with E-state index in [0.717, 1.165) is 19.1 Å². The minimum Gasteiger partial charge on any atom is -0.323 e. The summed E-state index contributed by atoms with van der Waals surface area (Å²) in [5.74, 6) is 0. The smallest absolute Gasteiger partial charge is 0.0383 e. The molecule has 0 bridgehead atoms. The van der Waals surface area contributed by atoms with E-state index in [1.807, 2.05) is 0 Å². The van der Waals surface area contributed by atoms with E-state index in [2.05, 4.69) is 23.8 Å². The summed E-state index contributed by atoms with van der Waals surface area (Å²) in [6, 6.07) is 0.763. The highest BCUT2D eigenvalue weighted by molar-refractivity contribution is 4.93. The number of likely N-dealkylation sites (N-methyl/N-ethyl adjacent to an activating group) is 1. The van der Waals surface area contributed by atoms with Gasteiger partial charge in [-0.15, -0.1) is 0 Å². The number of nitrogens with zero attached hydrogens (tertiary/aromatic N) is 2. The lowest BCUT2D eigenvalue weighted by Gasteiger charge is -2.36. The van der Waals surface area contributed by atoms with Crippen LogP contribution in [-0.2, 0) is 0 Å². The fourth-order valence-electron chi connectivity index (χ4n) is 3.03. The second-order valence-corrected chi connectivity index (χ2v) is 5.47. The molecule has 0 aromatic carbocycles. The van der Waals surface area contributed by atoms with Crippen molar-refractivity contribution in [2.24, 2.45) is 5.73 Å². The first-order chi connectivity index (χ1) is 6.57. The number of rotatable bonds is 0. The van der Waals surface area contributed by atoms with Crippen LogP contribution in [0.5, 0.6) is 0 Å².